The Morgan fingerprint density at radius 2 is 1.72 bits per heavy atom. The molecule has 0 saturated heterocycles. The zero-order valence-corrected chi connectivity index (χ0v) is 18.8. The van der Waals surface area contributed by atoms with Crippen molar-refractivity contribution in [2.75, 3.05) is 18.0 Å². The number of carbonyl (C=O) groups excluding carboxylic acids is 1. The Balaban J connectivity index is 1.32. The number of carbonyl (C=O) groups is 1. The van der Waals surface area contributed by atoms with E-state index in [4.69, 9.17) is 0 Å². The van der Waals surface area contributed by atoms with Crippen LogP contribution in [0.2, 0.25) is 0 Å². The van der Waals surface area contributed by atoms with Crippen molar-refractivity contribution in [3.05, 3.63) is 106 Å². The van der Waals surface area contributed by atoms with Crippen LogP contribution in [0.4, 0.5) is 5.69 Å². The number of nitrogens with zero attached hydrogens (tertiary/aromatic N) is 2. The molecule has 1 aromatic heterocycles. The fourth-order valence-corrected chi connectivity index (χ4v) is 4.94. The molecule has 0 fully saturated rings. The molecular weight excluding hydrogens is 414 g/mol. The second-order valence-electron chi connectivity index (χ2n) is 8.03. The molecule has 0 atom stereocenters. The van der Waals surface area contributed by atoms with E-state index in [1.54, 1.807) is 11.3 Å². The van der Waals surface area contributed by atoms with Crippen molar-refractivity contribution < 1.29 is 4.79 Å². The third-order valence-corrected chi connectivity index (χ3v) is 6.69. The van der Waals surface area contributed by atoms with Crippen LogP contribution in [0.1, 0.15) is 27.7 Å². The predicted molar refractivity (Wildman–Crippen MR) is 131 cm³/mol. The molecular formula is C27H25N3OS. The van der Waals surface area contributed by atoms with Crippen LogP contribution < -0.4 is 10.2 Å². The monoisotopic (exact) mass is 439 g/mol. The van der Waals surface area contributed by atoms with Crippen LogP contribution in [0.15, 0.2) is 84.2 Å². The lowest BCUT2D eigenvalue weighted by Gasteiger charge is -2.23. The fraction of sp³-hybridized carbons (Fsp3) is 0.185. The zero-order chi connectivity index (χ0) is 21.9. The smallest absolute Gasteiger partial charge is 0.240 e. The number of benzene rings is 3. The summed E-state index contributed by atoms with van der Waals surface area (Å²) in [4.78, 5) is 19.7. The van der Waals surface area contributed by atoms with E-state index in [1.807, 2.05) is 48.2 Å². The Kier molecular flexibility index (Phi) is 5.84. The van der Waals surface area contributed by atoms with Crippen LogP contribution in [-0.2, 0) is 11.2 Å². The van der Waals surface area contributed by atoms with E-state index in [9.17, 15) is 4.79 Å². The van der Waals surface area contributed by atoms with Gasteiger partial charge in [-0.3, -0.25) is 10.1 Å². The number of aryl methyl sites for hydroxylation is 1. The van der Waals surface area contributed by atoms with E-state index in [0.717, 1.165) is 46.0 Å². The van der Waals surface area contributed by atoms with Gasteiger partial charge >= 0.3 is 0 Å². The van der Waals surface area contributed by atoms with E-state index >= 15 is 0 Å². The minimum Gasteiger partial charge on any atom is -0.311 e. The summed E-state index contributed by atoms with van der Waals surface area (Å²) in [5.41, 5.74) is 6.66. The molecule has 0 unspecified atom stereocenters. The van der Waals surface area contributed by atoms with Crippen molar-refractivity contribution in [3.63, 3.8) is 0 Å². The first-order valence-electron chi connectivity index (χ1n) is 10.9. The molecule has 5 rings (SSSR count). The maximum Gasteiger partial charge on any atom is 0.240 e. The van der Waals surface area contributed by atoms with Gasteiger partial charge < -0.3 is 4.90 Å². The number of hydrogen-bond donors (Lipinski definition) is 1. The summed E-state index contributed by atoms with van der Waals surface area (Å²) in [5.74, 6) is 0.0952. The quantitative estimate of drug-likeness (QED) is 0.438. The molecule has 32 heavy (non-hydrogen) atoms. The first kappa shape index (κ1) is 20.6. The molecule has 5 heteroatoms. The number of hydrogen-bond acceptors (Lipinski definition) is 4. The van der Waals surface area contributed by atoms with Gasteiger partial charge in [0.1, 0.15) is 0 Å². The predicted octanol–water partition coefficient (Wildman–Crippen LogP) is 5.39. The lowest BCUT2D eigenvalue weighted by atomic mass is 9.99. The minimum atomic E-state index is -0.0290. The van der Waals surface area contributed by atoms with Gasteiger partial charge in [-0.25, -0.2) is 4.98 Å². The summed E-state index contributed by atoms with van der Waals surface area (Å²) in [6, 6.07) is 26.9. The summed E-state index contributed by atoms with van der Waals surface area (Å²) in [6.07, 6.45) is 0.874. The SMILES string of the molecule is Cc1nc(-c2ccc3c(c2)CCN3C(=O)CNC(c2ccccc2)c2ccccc2)cs1. The van der Waals surface area contributed by atoms with Gasteiger partial charge in [0.05, 0.1) is 23.3 Å². The molecule has 0 saturated carbocycles. The van der Waals surface area contributed by atoms with Crippen LogP contribution in [0.25, 0.3) is 11.3 Å². The van der Waals surface area contributed by atoms with Crippen LogP contribution >= 0.6 is 11.3 Å². The van der Waals surface area contributed by atoms with E-state index in [-0.39, 0.29) is 18.5 Å². The highest BCUT2D eigenvalue weighted by Gasteiger charge is 2.26. The molecule has 160 valence electrons. The molecule has 0 aliphatic carbocycles. The third-order valence-electron chi connectivity index (χ3n) is 5.91. The number of aromatic nitrogens is 1. The number of thiazole rings is 1. The molecule has 0 radical (unpaired) electrons. The Morgan fingerprint density at radius 1 is 1.03 bits per heavy atom. The lowest BCUT2D eigenvalue weighted by molar-refractivity contribution is -0.117. The Hall–Kier alpha value is -3.28. The van der Waals surface area contributed by atoms with Gasteiger partial charge in [-0.15, -0.1) is 11.3 Å². The Labute approximate surface area is 192 Å². The van der Waals surface area contributed by atoms with Crippen molar-refractivity contribution >= 4 is 22.9 Å². The molecule has 1 amide bonds. The summed E-state index contributed by atoms with van der Waals surface area (Å²) < 4.78 is 0. The van der Waals surface area contributed by atoms with Crippen molar-refractivity contribution in [1.29, 1.82) is 0 Å². The average Bonchev–Trinajstić information content (AvgIpc) is 3.46. The first-order valence-corrected chi connectivity index (χ1v) is 11.8. The summed E-state index contributed by atoms with van der Waals surface area (Å²) in [5, 5.41) is 6.65. The molecule has 2 heterocycles. The van der Waals surface area contributed by atoms with E-state index in [2.05, 4.69) is 58.1 Å². The first-order chi connectivity index (χ1) is 15.7. The van der Waals surface area contributed by atoms with Crippen LogP contribution in [0.5, 0.6) is 0 Å². The van der Waals surface area contributed by atoms with Gasteiger partial charge in [0, 0.05) is 23.2 Å². The van der Waals surface area contributed by atoms with E-state index < -0.39 is 0 Å². The van der Waals surface area contributed by atoms with Crippen molar-refractivity contribution in [3.8, 4) is 11.3 Å². The number of anilines is 1. The highest BCUT2D eigenvalue weighted by Crippen LogP contribution is 2.33. The maximum absolute atomic E-state index is 13.2. The highest BCUT2D eigenvalue weighted by atomic mass is 32.1. The molecule has 1 aliphatic heterocycles. The van der Waals surface area contributed by atoms with Crippen LogP contribution in [-0.4, -0.2) is 24.0 Å². The molecule has 3 aromatic carbocycles. The topological polar surface area (TPSA) is 45.2 Å². The molecule has 1 N–H and O–H groups in total. The van der Waals surface area contributed by atoms with Crippen molar-refractivity contribution in [1.82, 2.24) is 10.3 Å². The second-order valence-corrected chi connectivity index (χ2v) is 9.09. The van der Waals surface area contributed by atoms with Gasteiger partial charge in [0.15, 0.2) is 0 Å². The van der Waals surface area contributed by atoms with Gasteiger partial charge in [-0.2, -0.15) is 0 Å². The summed E-state index contributed by atoms with van der Waals surface area (Å²) in [6.45, 7) is 3.02. The summed E-state index contributed by atoms with van der Waals surface area (Å²) >= 11 is 1.66. The van der Waals surface area contributed by atoms with Crippen LogP contribution in [0.3, 0.4) is 0 Å². The van der Waals surface area contributed by atoms with E-state index in [0.29, 0.717) is 0 Å². The van der Waals surface area contributed by atoms with Gasteiger partial charge in [-0.05, 0) is 42.2 Å². The highest BCUT2D eigenvalue weighted by molar-refractivity contribution is 7.09. The maximum atomic E-state index is 13.2. The number of amides is 1. The van der Waals surface area contributed by atoms with Crippen molar-refractivity contribution in [2.45, 2.75) is 19.4 Å². The average molecular weight is 440 g/mol. The van der Waals surface area contributed by atoms with Crippen LogP contribution in [0, 0.1) is 6.92 Å². The molecule has 4 nitrogen and oxygen atoms in total. The number of rotatable bonds is 6. The van der Waals surface area contributed by atoms with Gasteiger partial charge in [-0.1, -0.05) is 66.7 Å². The molecule has 1 aliphatic rings. The normalized spacial score (nSPS) is 12.9. The summed E-state index contributed by atoms with van der Waals surface area (Å²) in [7, 11) is 0. The van der Waals surface area contributed by atoms with Crippen molar-refractivity contribution in [2.24, 2.45) is 0 Å². The van der Waals surface area contributed by atoms with Gasteiger partial charge in [0.25, 0.3) is 0 Å². The minimum absolute atomic E-state index is 0.0290. The lowest BCUT2D eigenvalue weighted by Crippen LogP contribution is -2.38. The third kappa shape index (κ3) is 4.22. The second kappa shape index (κ2) is 9.07. The Morgan fingerprint density at radius 3 is 2.34 bits per heavy atom. The Bertz CT molecular complexity index is 1180. The molecule has 0 bridgehead atoms. The molecule has 4 aromatic rings. The largest absolute Gasteiger partial charge is 0.311 e. The van der Waals surface area contributed by atoms with E-state index in [1.165, 1.54) is 5.56 Å². The molecule has 0 spiro atoms. The number of fused-ring (bicyclic) bond motifs is 1. The zero-order valence-electron chi connectivity index (χ0n) is 18.0. The van der Waals surface area contributed by atoms with Gasteiger partial charge in [0.2, 0.25) is 5.91 Å². The fourth-order valence-electron chi connectivity index (χ4n) is 4.32. The standard InChI is InChI=1S/C27H25N3OS/c1-19-29-24(18-32-19)22-12-13-25-23(16-22)14-15-30(25)26(31)17-28-27(20-8-4-2-5-9-20)21-10-6-3-7-11-21/h2-13,16,18,27-28H,14-15,17H2,1H3. The number of nitrogens with one attached hydrogen (secondary N) is 1.